The van der Waals surface area contributed by atoms with E-state index in [1.807, 2.05) is 0 Å². The Labute approximate surface area is 158 Å². The van der Waals surface area contributed by atoms with Crippen molar-refractivity contribution in [1.82, 2.24) is 0 Å². The van der Waals surface area contributed by atoms with Gasteiger partial charge in [-0.1, -0.05) is 20.8 Å². The number of hydrogen-bond acceptors (Lipinski definition) is 6. The molecule has 0 radical (unpaired) electrons. The highest BCUT2D eigenvalue weighted by atomic mass is 16.5. The van der Waals surface area contributed by atoms with Gasteiger partial charge in [-0.2, -0.15) is 0 Å². The van der Waals surface area contributed by atoms with E-state index in [1.165, 1.54) is 6.92 Å². The van der Waals surface area contributed by atoms with Crippen LogP contribution in [0.3, 0.4) is 0 Å². The summed E-state index contributed by atoms with van der Waals surface area (Å²) < 4.78 is 9.62. The summed E-state index contributed by atoms with van der Waals surface area (Å²) >= 11 is 0. The lowest BCUT2D eigenvalue weighted by atomic mass is 9.95. The van der Waals surface area contributed by atoms with Crippen molar-refractivity contribution < 1.29 is 28.7 Å². The van der Waals surface area contributed by atoms with E-state index < -0.39 is 29.2 Å². The van der Waals surface area contributed by atoms with Crippen LogP contribution in [0, 0.1) is 5.41 Å². The average molecular weight is 375 g/mol. The number of nitrogens with one attached hydrogen (secondary N) is 1. The highest BCUT2D eigenvalue weighted by molar-refractivity contribution is 6.02. The molecule has 7 heteroatoms. The lowest BCUT2D eigenvalue weighted by Crippen LogP contribution is -2.27. The van der Waals surface area contributed by atoms with E-state index in [0.717, 1.165) is 12.2 Å². The Morgan fingerprint density at radius 1 is 1.04 bits per heavy atom. The molecule has 1 N–H and O–H groups in total. The second kappa shape index (κ2) is 9.66. The van der Waals surface area contributed by atoms with Crippen LogP contribution in [0.2, 0.25) is 0 Å². The molecule has 1 amide bonds. The first-order valence-electron chi connectivity index (χ1n) is 8.55. The Balaban J connectivity index is 2.66. The van der Waals surface area contributed by atoms with Crippen molar-refractivity contribution in [1.29, 1.82) is 0 Å². The Morgan fingerprint density at radius 3 is 2.11 bits per heavy atom. The molecular formula is C20H25NO6. The highest BCUT2D eigenvalue weighted by Gasteiger charge is 2.22. The molecule has 146 valence electrons. The maximum atomic E-state index is 12.3. The maximum Gasteiger partial charge on any atom is 0.331 e. The van der Waals surface area contributed by atoms with Crippen LogP contribution in [0.25, 0.3) is 0 Å². The van der Waals surface area contributed by atoms with Gasteiger partial charge in [-0.05, 0) is 38.1 Å². The number of benzene rings is 1. The SMILES string of the molecule is CCOC(=O)/C=C/C(=O)O[C@@H](C)C(=O)c1ccc(NC(=O)C(C)(C)C)cc1. The van der Waals surface area contributed by atoms with Gasteiger partial charge < -0.3 is 14.8 Å². The van der Waals surface area contributed by atoms with Crippen LogP contribution in [0.1, 0.15) is 45.0 Å². The topological polar surface area (TPSA) is 98.8 Å². The summed E-state index contributed by atoms with van der Waals surface area (Å²) in [4.78, 5) is 47.1. The molecule has 0 saturated heterocycles. The first-order chi connectivity index (χ1) is 12.5. The van der Waals surface area contributed by atoms with E-state index in [-0.39, 0.29) is 12.5 Å². The number of hydrogen-bond donors (Lipinski definition) is 1. The minimum absolute atomic E-state index is 0.141. The van der Waals surface area contributed by atoms with Gasteiger partial charge in [-0.15, -0.1) is 0 Å². The molecule has 0 aliphatic carbocycles. The van der Waals surface area contributed by atoms with Crippen LogP contribution in [0.5, 0.6) is 0 Å². The summed E-state index contributed by atoms with van der Waals surface area (Å²) in [6, 6.07) is 6.29. The van der Waals surface area contributed by atoms with Gasteiger partial charge in [-0.25, -0.2) is 9.59 Å². The van der Waals surface area contributed by atoms with Crippen molar-refractivity contribution in [3.63, 3.8) is 0 Å². The fourth-order valence-electron chi connectivity index (χ4n) is 1.86. The summed E-state index contributed by atoms with van der Waals surface area (Å²) in [5, 5.41) is 2.76. The van der Waals surface area contributed by atoms with E-state index in [1.54, 1.807) is 52.0 Å². The lowest BCUT2D eigenvalue weighted by Gasteiger charge is -2.18. The fraction of sp³-hybridized carbons (Fsp3) is 0.400. The molecule has 27 heavy (non-hydrogen) atoms. The highest BCUT2D eigenvalue weighted by Crippen LogP contribution is 2.18. The average Bonchev–Trinajstić information content (AvgIpc) is 2.59. The minimum Gasteiger partial charge on any atom is -0.463 e. The molecule has 0 unspecified atom stereocenters. The normalized spacial score (nSPS) is 12.3. The zero-order valence-electron chi connectivity index (χ0n) is 16.2. The first kappa shape index (κ1) is 22.1. The van der Waals surface area contributed by atoms with Crippen molar-refractivity contribution in [2.45, 2.75) is 40.7 Å². The molecule has 1 aromatic carbocycles. The molecule has 0 aromatic heterocycles. The van der Waals surface area contributed by atoms with Gasteiger partial charge in [0.2, 0.25) is 11.7 Å². The van der Waals surface area contributed by atoms with Crippen molar-refractivity contribution >= 4 is 29.3 Å². The van der Waals surface area contributed by atoms with Crippen molar-refractivity contribution in [2.24, 2.45) is 5.41 Å². The Morgan fingerprint density at radius 2 is 1.59 bits per heavy atom. The van der Waals surface area contributed by atoms with Crippen LogP contribution in [0.4, 0.5) is 5.69 Å². The maximum absolute atomic E-state index is 12.3. The lowest BCUT2D eigenvalue weighted by molar-refractivity contribution is -0.141. The Kier molecular flexibility index (Phi) is 7.90. The Bertz CT molecular complexity index is 728. The van der Waals surface area contributed by atoms with E-state index in [4.69, 9.17) is 4.74 Å². The zero-order valence-corrected chi connectivity index (χ0v) is 16.2. The smallest absolute Gasteiger partial charge is 0.331 e. The standard InChI is InChI=1S/C20H25NO6/c1-6-26-16(22)11-12-17(23)27-13(2)18(24)14-7-9-15(10-8-14)21-19(25)20(3,4)5/h7-13H,6H2,1-5H3,(H,21,25)/b12-11+/t13-/m0/s1. The van der Waals surface area contributed by atoms with Gasteiger partial charge in [0.1, 0.15) is 0 Å². The number of esters is 2. The fourth-order valence-corrected chi connectivity index (χ4v) is 1.86. The zero-order chi connectivity index (χ0) is 20.6. The molecule has 1 atom stereocenters. The van der Waals surface area contributed by atoms with Crippen LogP contribution in [-0.4, -0.2) is 36.3 Å². The van der Waals surface area contributed by atoms with Crippen molar-refractivity contribution in [3.8, 4) is 0 Å². The summed E-state index contributed by atoms with van der Waals surface area (Å²) in [5.74, 6) is -2.03. The third-order valence-electron chi connectivity index (χ3n) is 3.41. The number of anilines is 1. The van der Waals surface area contributed by atoms with Gasteiger partial charge in [0, 0.05) is 28.8 Å². The molecule has 0 aliphatic rings. The quantitative estimate of drug-likeness (QED) is 0.447. The number of rotatable bonds is 7. The molecular weight excluding hydrogens is 350 g/mol. The van der Waals surface area contributed by atoms with E-state index >= 15 is 0 Å². The van der Waals surface area contributed by atoms with Gasteiger partial charge in [0.25, 0.3) is 0 Å². The number of amides is 1. The predicted molar refractivity (Wildman–Crippen MR) is 100 cm³/mol. The second-order valence-electron chi connectivity index (χ2n) is 6.81. The number of ether oxygens (including phenoxy) is 2. The molecule has 0 heterocycles. The van der Waals surface area contributed by atoms with Crippen LogP contribution < -0.4 is 5.32 Å². The van der Waals surface area contributed by atoms with Crippen molar-refractivity contribution in [2.75, 3.05) is 11.9 Å². The minimum atomic E-state index is -1.03. The summed E-state index contributed by atoms with van der Waals surface area (Å²) in [6.07, 6.45) is 0.821. The molecule has 0 spiro atoms. The van der Waals surface area contributed by atoms with Crippen LogP contribution >= 0.6 is 0 Å². The molecule has 1 aromatic rings. The van der Waals surface area contributed by atoms with E-state index in [2.05, 4.69) is 10.1 Å². The third kappa shape index (κ3) is 7.43. The molecule has 0 aliphatic heterocycles. The number of carbonyl (C=O) groups is 4. The van der Waals surface area contributed by atoms with Gasteiger partial charge >= 0.3 is 11.9 Å². The van der Waals surface area contributed by atoms with Crippen LogP contribution in [0.15, 0.2) is 36.4 Å². The molecule has 1 rings (SSSR count). The van der Waals surface area contributed by atoms with Gasteiger partial charge in [0.15, 0.2) is 6.10 Å². The summed E-state index contributed by atoms with van der Waals surface area (Å²) in [6.45, 7) is 8.67. The number of carbonyl (C=O) groups excluding carboxylic acids is 4. The van der Waals surface area contributed by atoms with Crippen molar-refractivity contribution in [3.05, 3.63) is 42.0 Å². The molecule has 0 bridgehead atoms. The number of Topliss-reactive ketones (excluding diaryl/α,β-unsaturated/α-hetero) is 1. The largest absolute Gasteiger partial charge is 0.463 e. The van der Waals surface area contributed by atoms with Crippen LogP contribution in [-0.2, 0) is 23.9 Å². The summed E-state index contributed by atoms with van der Waals surface area (Å²) in [5.41, 5.74) is 0.362. The van der Waals surface area contributed by atoms with Gasteiger partial charge in [-0.3, -0.25) is 9.59 Å². The molecule has 0 fully saturated rings. The third-order valence-corrected chi connectivity index (χ3v) is 3.41. The first-order valence-corrected chi connectivity index (χ1v) is 8.55. The Hall–Kier alpha value is -2.96. The second-order valence-corrected chi connectivity index (χ2v) is 6.81. The molecule has 7 nitrogen and oxygen atoms in total. The van der Waals surface area contributed by atoms with E-state index in [9.17, 15) is 19.2 Å². The predicted octanol–water partition coefficient (Wildman–Crippen LogP) is 2.90. The number of ketones is 1. The molecule has 0 saturated carbocycles. The summed E-state index contributed by atoms with van der Waals surface area (Å²) in [7, 11) is 0. The van der Waals surface area contributed by atoms with E-state index in [0.29, 0.717) is 11.3 Å². The monoisotopic (exact) mass is 375 g/mol. The van der Waals surface area contributed by atoms with Gasteiger partial charge in [0.05, 0.1) is 6.61 Å².